The Balaban J connectivity index is 3.19. The molecule has 1 saturated carbocycles. The molecule has 20 heavy (non-hydrogen) atoms. The Morgan fingerprint density at radius 2 is 1.20 bits per heavy atom. The summed E-state index contributed by atoms with van der Waals surface area (Å²) >= 11 is 0. The third-order valence-electron chi connectivity index (χ3n) is 5.24. The summed E-state index contributed by atoms with van der Waals surface area (Å²) in [4.78, 5) is 21.7. The van der Waals surface area contributed by atoms with Gasteiger partial charge in [-0.05, 0) is 35.5 Å². The average molecular weight is 282 g/mol. The van der Waals surface area contributed by atoms with Crippen LogP contribution < -0.4 is 10.6 Å². The zero-order chi connectivity index (χ0) is 15.6. The molecule has 0 radical (unpaired) electrons. The number of carbonyl (C=O) groups is 2. The fourth-order valence-corrected chi connectivity index (χ4v) is 4.23. The number of rotatable bonds is 4. The van der Waals surface area contributed by atoms with E-state index in [1.54, 1.807) is 0 Å². The fraction of sp³-hybridized carbons (Fsp3) is 0.875. The van der Waals surface area contributed by atoms with Crippen LogP contribution in [0.5, 0.6) is 0 Å². The smallest absolute Gasteiger partial charge is 0.207 e. The molecule has 0 bridgehead atoms. The normalized spacial score (nSPS) is 26.7. The second-order valence-electron chi connectivity index (χ2n) is 8.19. The molecule has 2 N–H and O–H groups in total. The van der Waals surface area contributed by atoms with Crippen LogP contribution in [0.15, 0.2) is 0 Å². The van der Waals surface area contributed by atoms with Crippen molar-refractivity contribution in [2.45, 2.75) is 72.9 Å². The van der Waals surface area contributed by atoms with Gasteiger partial charge >= 0.3 is 0 Å². The van der Waals surface area contributed by atoms with Gasteiger partial charge in [-0.15, -0.1) is 0 Å². The van der Waals surface area contributed by atoms with Gasteiger partial charge < -0.3 is 10.6 Å². The lowest BCUT2D eigenvalue weighted by molar-refractivity contribution is -0.116. The van der Waals surface area contributed by atoms with Crippen LogP contribution in [0, 0.1) is 16.2 Å². The molecular weight excluding hydrogens is 252 g/mol. The van der Waals surface area contributed by atoms with Gasteiger partial charge in [0.1, 0.15) is 0 Å². The van der Waals surface area contributed by atoms with Gasteiger partial charge in [0, 0.05) is 12.1 Å². The molecule has 0 spiro atoms. The van der Waals surface area contributed by atoms with Crippen LogP contribution in [0.25, 0.3) is 0 Å². The summed E-state index contributed by atoms with van der Waals surface area (Å²) < 4.78 is 0. The summed E-state index contributed by atoms with van der Waals surface area (Å²) in [6.45, 7) is 13.6. The molecule has 0 aliphatic heterocycles. The predicted octanol–water partition coefficient (Wildman–Crippen LogP) is 2.48. The van der Waals surface area contributed by atoms with Crippen LogP contribution in [0.4, 0.5) is 0 Å². The molecule has 2 amide bonds. The first kappa shape index (κ1) is 17.0. The molecule has 4 heteroatoms. The maximum absolute atomic E-state index is 10.8. The van der Waals surface area contributed by atoms with Gasteiger partial charge in [-0.2, -0.15) is 0 Å². The van der Waals surface area contributed by atoms with E-state index < -0.39 is 0 Å². The lowest BCUT2D eigenvalue weighted by atomic mass is 9.47. The third kappa shape index (κ3) is 3.15. The summed E-state index contributed by atoms with van der Waals surface area (Å²) in [5.41, 5.74) is 0.244. The minimum Gasteiger partial charge on any atom is -0.356 e. The van der Waals surface area contributed by atoms with Gasteiger partial charge in [0.25, 0.3) is 0 Å². The van der Waals surface area contributed by atoms with Crippen molar-refractivity contribution < 1.29 is 9.59 Å². The second-order valence-corrected chi connectivity index (χ2v) is 8.19. The lowest BCUT2D eigenvalue weighted by Gasteiger charge is -2.59. The van der Waals surface area contributed by atoms with Crippen LogP contribution in [0.1, 0.15) is 60.8 Å². The molecule has 0 aromatic carbocycles. The minimum atomic E-state index is 0.0552. The molecule has 2 atom stereocenters. The first-order valence-electron chi connectivity index (χ1n) is 7.47. The highest BCUT2D eigenvalue weighted by Gasteiger charge is 2.54. The van der Waals surface area contributed by atoms with Crippen molar-refractivity contribution in [1.82, 2.24) is 10.6 Å². The van der Waals surface area contributed by atoms with E-state index in [0.29, 0.717) is 0 Å². The van der Waals surface area contributed by atoms with E-state index in [2.05, 4.69) is 52.2 Å². The highest BCUT2D eigenvalue weighted by molar-refractivity contribution is 5.48. The maximum Gasteiger partial charge on any atom is 0.207 e. The quantitative estimate of drug-likeness (QED) is 0.778. The number of nitrogens with one attached hydrogen (secondary N) is 2. The minimum absolute atomic E-state index is 0.0552. The van der Waals surface area contributed by atoms with E-state index in [1.807, 2.05) is 0 Å². The van der Waals surface area contributed by atoms with E-state index >= 15 is 0 Å². The highest BCUT2D eigenvalue weighted by atomic mass is 16.1. The van der Waals surface area contributed by atoms with Gasteiger partial charge in [-0.1, -0.05) is 41.5 Å². The van der Waals surface area contributed by atoms with Crippen molar-refractivity contribution in [2.75, 3.05) is 0 Å². The van der Waals surface area contributed by atoms with Gasteiger partial charge in [0.15, 0.2) is 0 Å². The van der Waals surface area contributed by atoms with E-state index in [-0.39, 0.29) is 28.3 Å². The zero-order valence-electron chi connectivity index (χ0n) is 13.7. The summed E-state index contributed by atoms with van der Waals surface area (Å²) in [6, 6.07) is 0.245. The monoisotopic (exact) mass is 282 g/mol. The number of hydrogen-bond acceptors (Lipinski definition) is 2. The van der Waals surface area contributed by atoms with Crippen LogP contribution >= 0.6 is 0 Å². The number of hydrogen-bond donors (Lipinski definition) is 2. The van der Waals surface area contributed by atoms with Crippen molar-refractivity contribution in [2.24, 2.45) is 16.2 Å². The van der Waals surface area contributed by atoms with Crippen molar-refractivity contribution in [3.63, 3.8) is 0 Å². The molecule has 0 aromatic heterocycles. The molecule has 0 heterocycles. The number of carbonyl (C=O) groups excluding carboxylic acids is 2. The molecule has 0 saturated heterocycles. The van der Waals surface area contributed by atoms with Crippen LogP contribution in [0.3, 0.4) is 0 Å². The van der Waals surface area contributed by atoms with E-state index in [0.717, 1.165) is 32.1 Å². The molecule has 1 rings (SSSR count). The van der Waals surface area contributed by atoms with Gasteiger partial charge in [-0.25, -0.2) is 0 Å². The first-order chi connectivity index (χ1) is 9.07. The average Bonchev–Trinajstić information content (AvgIpc) is 2.26. The first-order valence-corrected chi connectivity index (χ1v) is 7.47. The topological polar surface area (TPSA) is 58.2 Å². The summed E-state index contributed by atoms with van der Waals surface area (Å²) in [5.74, 6) is 0. The molecule has 4 nitrogen and oxygen atoms in total. The van der Waals surface area contributed by atoms with Gasteiger partial charge in [0.05, 0.1) is 0 Å². The Bertz CT molecular complexity index is 318. The van der Waals surface area contributed by atoms with E-state index in [1.165, 1.54) is 0 Å². The maximum atomic E-state index is 10.8. The molecular formula is C16H30N2O2. The van der Waals surface area contributed by atoms with Crippen molar-refractivity contribution in [3.05, 3.63) is 0 Å². The second kappa shape index (κ2) is 5.74. The molecule has 1 aliphatic carbocycles. The van der Waals surface area contributed by atoms with Crippen molar-refractivity contribution in [3.8, 4) is 0 Å². The lowest BCUT2D eigenvalue weighted by Crippen LogP contribution is -2.58. The zero-order valence-corrected chi connectivity index (χ0v) is 13.7. The third-order valence-corrected chi connectivity index (χ3v) is 5.24. The Morgan fingerprint density at radius 3 is 1.45 bits per heavy atom. The largest absolute Gasteiger partial charge is 0.356 e. The molecule has 1 aliphatic rings. The van der Waals surface area contributed by atoms with Gasteiger partial charge in [-0.3, -0.25) is 9.59 Å². The molecule has 1 fully saturated rings. The summed E-state index contributed by atoms with van der Waals surface area (Å²) in [5, 5.41) is 5.87. The summed E-state index contributed by atoms with van der Waals surface area (Å²) in [6.07, 6.45) is 4.28. The summed E-state index contributed by atoms with van der Waals surface area (Å²) in [7, 11) is 0. The Labute approximate surface area is 123 Å². The van der Waals surface area contributed by atoms with Crippen LogP contribution in [-0.4, -0.2) is 24.9 Å². The van der Waals surface area contributed by atoms with E-state index in [9.17, 15) is 9.59 Å². The Morgan fingerprint density at radius 1 is 0.850 bits per heavy atom. The number of amides is 2. The molecule has 2 unspecified atom stereocenters. The van der Waals surface area contributed by atoms with Crippen molar-refractivity contribution in [1.29, 1.82) is 0 Å². The van der Waals surface area contributed by atoms with Crippen molar-refractivity contribution >= 4 is 12.8 Å². The fourth-order valence-electron chi connectivity index (χ4n) is 4.23. The molecule has 116 valence electrons. The predicted molar refractivity (Wildman–Crippen MR) is 81.2 cm³/mol. The Kier molecular flexibility index (Phi) is 4.88. The SMILES string of the molecule is CC(C)(C)C1(C(C)(C)C)CC(NC=O)CC(NC=O)C1. The molecule has 0 aromatic rings. The standard InChI is InChI=1S/C16H30N2O2/c1-14(2,3)16(15(4,5)6)8-12(17-10-19)7-13(9-16)18-11-20/h10-13H,7-9H2,1-6H3,(H,17,19)(H,18,20). The Hall–Kier alpha value is -1.06. The van der Waals surface area contributed by atoms with Crippen LogP contribution in [0.2, 0.25) is 0 Å². The highest BCUT2D eigenvalue weighted by Crippen LogP contribution is 2.59. The van der Waals surface area contributed by atoms with E-state index in [4.69, 9.17) is 0 Å². The van der Waals surface area contributed by atoms with Gasteiger partial charge in [0.2, 0.25) is 12.8 Å². The van der Waals surface area contributed by atoms with Crippen LogP contribution in [-0.2, 0) is 9.59 Å².